The van der Waals surface area contributed by atoms with Gasteiger partial charge in [-0.3, -0.25) is 9.59 Å². The average molecular weight is 436 g/mol. The van der Waals surface area contributed by atoms with Gasteiger partial charge in [0, 0.05) is 48.2 Å². The van der Waals surface area contributed by atoms with E-state index in [0.29, 0.717) is 30.6 Å². The molecule has 1 unspecified atom stereocenters. The van der Waals surface area contributed by atoms with Gasteiger partial charge in [-0.1, -0.05) is 15.9 Å². The molecule has 2 heterocycles. The Morgan fingerprint density at radius 1 is 1.11 bits per heavy atom. The molecule has 2 aliphatic rings. The van der Waals surface area contributed by atoms with E-state index in [4.69, 9.17) is 0 Å². The molecule has 0 saturated carbocycles. The first-order valence-corrected chi connectivity index (χ1v) is 10.8. The molecule has 0 aromatic heterocycles. The molecule has 148 valence electrons. The van der Waals surface area contributed by atoms with E-state index < -0.39 is 0 Å². The number of hydrogen-bond acceptors (Lipinski definition) is 3. The lowest BCUT2D eigenvalue weighted by Crippen LogP contribution is -2.44. The fourth-order valence-electron chi connectivity index (χ4n) is 4.01. The fraction of sp³-hybridized carbons (Fsp3) is 0.619. The maximum Gasteiger partial charge on any atom is 0.253 e. The molecule has 1 aromatic carbocycles. The summed E-state index contributed by atoms with van der Waals surface area (Å²) in [5.41, 5.74) is 0.706. The molecule has 3 rings (SSSR count). The first kappa shape index (κ1) is 20.3. The number of halogens is 1. The predicted molar refractivity (Wildman–Crippen MR) is 111 cm³/mol. The lowest BCUT2D eigenvalue weighted by molar-refractivity contribution is -0.126. The SMILES string of the molecule is CC(C)N1CCC(CNC(=O)C2CCN(C(=O)c3ccc(Br)cc3)CC2)C1. The predicted octanol–water partition coefficient (Wildman–Crippen LogP) is 3.15. The second-order valence-corrected chi connectivity index (χ2v) is 8.98. The Morgan fingerprint density at radius 3 is 2.37 bits per heavy atom. The Balaban J connectivity index is 1.41. The monoisotopic (exact) mass is 435 g/mol. The quantitative estimate of drug-likeness (QED) is 0.772. The lowest BCUT2D eigenvalue weighted by atomic mass is 9.95. The van der Waals surface area contributed by atoms with E-state index in [0.717, 1.165) is 36.9 Å². The molecule has 0 radical (unpaired) electrons. The van der Waals surface area contributed by atoms with Crippen molar-refractivity contribution in [2.75, 3.05) is 32.7 Å². The average Bonchev–Trinajstić information content (AvgIpc) is 3.16. The Kier molecular flexibility index (Phi) is 6.93. The number of nitrogens with zero attached hydrogens (tertiary/aromatic N) is 2. The number of hydrogen-bond donors (Lipinski definition) is 1. The van der Waals surface area contributed by atoms with Gasteiger partial charge in [-0.2, -0.15) is 0 Å². The van der Waals surface area contributed by atoms with E-state index >= 15 is 0 Å². The molecule has 2 aliphatic heterocycles. The van der Waals surface area contributed by atoms with E-state index in [2.05, 4.69) is 40.0 Å². The maximum absolute atomic E-state index is 12.6. The minimum absolute atomic E-state index is 0.0292. The van der Waals surface area contributed by atoms with Gasteiger partial charge in [0.05, 0.1) is 0 Å². The van der Waals surface area contributed by atoms with Crippen LogP contribution in [0, 0.1) is 11.8 Å². The smallest absolute Gasteiger partial charge is 0.253 e. The number of rotatable bonds is 5. The van der Waals surface area contributed by atoms with Gasteiger partial charge in [-0.05, 0) is 69.8 Å². The lowest BCUT2D eigenvalue weighted by Gasteiger charge is -2.31. The molecule has 1 atom stereocenters. The van der Waals surface area contributed by atoms with Gasteiger partial charge >= 0.3 is 0 Å². The standard InChI is InChI=1S/C21H30BrN3O2/c1-15(2)25-10-7-16(14-25)13-23-20(26)17-8-11-24(12-9-17)21(27)18-3-5-19(22)6-4-18/h3-6,15-17H,7-14H2,1-2H3,(H,23,26). The summed E-state index contributed by atoms with van der Waals surface area (Å²) in [5, 5.41) is 3.16. The minimum Gasteiger partial charge on any atom is -0.356 e. The van der Waals surface area contributed by atoms with Crippen LogP contribution in [0.15, 0.2) is 28.7 Å². The third-order valence-corrected chi connectivity index (χ3v) is 6.39. The molecule has 6 heteroatoms. The Labute approximate surface area is 170 Å². The van der Waals surface area contributed by atoms with E-state index in [1.807, 2.05) is 29.2 Å². The second-order valence-electron chi connectivity index (χ2n) is 8.06. The highest BCUT2D eigenvalue weighted by Gasteiger charge is 2.29. The third kappa shape index (κ3) is 5.32. The molecule has 1 aromatic rings. The number of piperidine rings is 1. The van der Waals surface area contributed by atoms with Crippen LogP contribution < -0.4 is 5.32 Å². The third-order valence-electron chi connectivity index (χ3n) is 5.86. The summed E-state index contributed by atoms with van der Waals surface area (Å²) >= 11 is 3.39. The van der Waals surface area contributed by atoms with Gasteiger partial charge in [0.25, 0.3) is 5.91 Å². The van der Waals surface area contributed by atoms with Crippen molar-refractivity contribution < 1.29 is 9.59 Å². The van der Waals surface area contributed by atoms with Crippen molar-refractivity contribution in [3.05, 3.63) is 34.3 Å². The van der Waals surface area contributed by atoms with Crippen LogP contribution in [-0.2, 0) is 4.79 Å². The zero-order valence-corrected chi connectivity index (χ0v) is 17.9. The Morgan fingerprint density at radius 2 is 1.78 bits per heavy atom. The highest BCUT2D eigenvalue weighted by atomic mass is 79.9. The molecular weight excluding hydrogens is 406 g/mol. The molecule has 2 fully saturated rings. The van der Waals surface area contributed by atoms with Gasteiger partial charge in [-0.15, -0.1) is 0 Å². The molecule has 2 amide bonds. The molecule has 5 nitrogen and oxygen atoms in total. The number of amides is 2. The van der Waals surface area contributed by atoms with Crippen LogP contribution in [0.4, 0.5) is 0 Å². The number of likely N-dealkylation sites (tertiary alicyclic amines) is 2. The van der Waals surface area contributed by atoms with Crippen molar-refractivity contribution in [2.45, 2.75) is 39.2 Å². The van der Waals surface area contributed by atoms with E-state index in [1.54, 1.807) is 0 Å². The number of carbonyl (C=O) groups is 2. The van der Waals surface area contributed by atoms with Crippen molar-refractivity contribution in [3.8, 4) is 0 Å². The van der Waals surface area contributed by atoms with Gasteiger partial charge in [0.15, 0.2) is 0 Å². The first-order chi connectivity index (χ1) is 12.9. The normalized spacial score (nSPS) is 21.6. The topological polar surface area (TPSA) is 52.7 Å². The van der Waals surface area contributed by atoms with Crippen LogP contribution >= 0.6 is 15.9 Å². The largest absolute Gasteiger partial charge is 0.356 e. The molecule has 0 aliphatic carbocycles. The van der Waals surface area contributed by atoms with Gasteiger partial charge in [0.2, 0.25) is 5.91 Å². The zero-order valence-electron chi connectivity index (χ0n) is 16.3. The van der Waals surface area contributed by atoms with E-state index in [9.17, 15) is 9.59 Å². The minimum atomic E-state index is 0.0292. The van der Waals surface area contributed by atoms with E-state index in [-0.39, 0.29) is 17.7 Å². The Hall–Kier alpha value is -1.40. The van der Waals surface area contributed by atoms with Crippen molar-refractivity contribution in [2.24, 2.45) is 11.8 Å². The molecule has 27 heavy (non-hydrogen) atoms. The van der Waals surface area contributed by atoms with Crippen LogP contribution in [-0.4, -0.2) is 60.4 Å². The van der Waals surface area contributed by atoms with Crippen molar-refractivity contribution in [1.82, 2.24) is 15.1 Å². The number of nitrogens with one attached hydrogen (secondary N) is 1. The molecular formula is C21H30BrN3O2. The molecule has 2 saturated heterocycles. The summed E-state index contributed by atoms with van der Waals surface area (Å²) < 4.78 is 0.966. The summed E-state index contributed by atoms with van der Waals surface area (Å²) in [6, 6.07) is 8.03. The second kappa shape index (κ2) is 9.20. The van der Waals surface area contributed by atoms with Crippen molar-refractivity contribution in [1.29, 1.82) is 0 Å². The van der Waals surface area contributed by atoms with Crippen LogP contribution in [0.2, 0.25) is 0 Å². The molecule has 0 bridgehead atoms. The molecule has 0 spiro atoms. The zero-order chi connectivity index (χ0) is 19.4. The maximum atomic E-state index is 12.6. The van der Waals surface area contributed by atoms with Crippen LogP contribution in [0.5, 0.6) is 0 Å². The summed E-state index contributed by atoms with van der Waals surface area (Å²) in [7, 11) is 0. The van der Waals surface area contributed by atoms with E-state index in [1.165, 1.54) is 6.42 Å². The summed E-state index contributed by atoms with van der Waals surface area (Å²) in [4.78, 5) is 29.4. The van der Waals surface area contributed by atoms with Gasteiger partial charge < -0.3 is 15.1 Å². The number of benzene rings is 1. The number of carbonyl (C=O) groups excluding carboxylic acids is 2. The fourth-order valence-corrected chi connectivity index (χ4v) is 4.27. The highest BCUT2D eigenvalue weighted by molar-refractivity contribution is 9.10. The molecule has 1 N–H and O–H groups in total. The van der Waals surface area contributed by atoms with Crippen LogP contribution in [0.3, 0.4) is 0 Å². The van der Waals surface area contributed by atoms with Crippen molar-refractivity contribution in [3.63, 3.8) is 0 Å². The first-order valence-electron chi connectivity index (χ1n) is 10.0. The van der Waals surface area contributed by atoms with Crippen molar-refractivity contribution >= 4 is 27.7 Å². The highest BCUT2D eigenvalue weighted by Crippen LogP contribution is 2.21. The van der Waals surface area contributed by atoms with Gasteiger partial charge in [-0.25, -0.2) is 0 Å². The van der Waals surface area contributed by atoms with Crippen LogP contribution in [0.1, 0.15) is 43.5 Å². The van der Waals surface area contributed by atoms with Crippen LogP contribution in [0.25, 0.3) is 0 Å². The summed E-state index contributed by atoms with van der Waals surface area (Å²) in [6.07, 6.45) is 2.66. The summed E-state index contributed by atoms with van der Waals surface area (Å²) in [5.74, 6) is 0.812. The van der Waals surface area contributed by atoms with Gasteiger partial charge in [0.1, 0.15) is 0 Å². The summed E-state index contributed by atoms with van der Waals surface area (Å²) in [6.45, 7) is 8.75. The Bertz CT molecular complexity index is 654.